The Balaban J connectivity index is 1.59. The zero-order valence-corrected chi connectivity index (χ0v) is 26.7. The number of halogens is 1. The van der Waals surface area contributed by atoms with Crippen molar-refractivity contribution in [3.05, 3.63) is 76.4 Å². The molecule has 1 saturated heterocycles. The molecule has 236 valence electrons. The van der Waals surface area contributed by atoms with Gasteiger partial charge in [-0.05, 0) is 99.7 Å². The normalized spacial score (nSPS) is 18.8. The average Bonchev–Trinajstić information content (AvgIpc) is 2.96. The molecule has 2 aliphatic rings. The fourth-order valence-electron chi connectivity index (χ4n) is 6.37. The van der Waals surface area contributed by atoms with E-state index in [0.717, 1.165) is 72.5 Å². The molecule has 0 spiro atoms. The molecule has 0 radical (unpaired) electrons. The standard InChI is InChI=1S/C36H45FN2O5/c1-22-30(33(34(41)42)44-35(2,3)4)32(39-17-15-36(5,6)16-18-39)31(28(21-40)38-22)25-10-14-29-24(20-25)9-13-27(43-29)19-23-7-11-26(37)12-8-23/h7-8,10-12,14,20,27,33,40H,9,13,15-19,21H2,1-6H3,(H,41,42)/t27-,33-/m0/s1. The minimum absolute atomic E-state index is 0.0161. The number of hydrogen-bond acceptors (Lipinski definition) is 6. The van der Waals surface area contributed by atoms with E-state index in [2.05, 4.69) is 24.8 Å². The number of benzene rings is 2. The number of carboxylic acids is 1. The summed E-state index contributed by atoms with van der Waals surface area (Å²) in [5.74, 6) is -0.518. The summed E-state index contributed by atoms with van der Waals surface area (Å²) >= 11 is 0. The number of rotatable bonds is 8. The highest BCUT2D eigenvalue weighted by molar-refractivity contribution is 5.88. The smallest absolute Gasteiger partial charge is 0.337 e. The van der Waals surface area contributed by atoms with Gasteiger partial charge in [0.05, 0.1) is 23.6 Å². The van der Waals surface area contributed by atoms with Crippen molar-refractivity contribution >= 4 is 11.7 Å². The van der Waals surface area contributed by atoms with Gasteiger partial charge in [-0.1, -0.05) is 32.0 Å². The second kappa shape index (κ2) is 12.5. The Kier molecular flexibility index (Phi) is 9.06. The molecule has 0 saturated carbocycles. The van der Waals surface area contributed by atoms with E-state index < -0.39 is 17.7 Å². The molecule has 0 aliphatic carbocycles. The number of carboxylic acid groups (broad SMARTS) is 1. The Morgan fingerprint density at radius 2 is 1.84 bits per heavy atom. The number of pyridine rings is 1. The average molecular weight is 605 g/mol. The molecule has 2 N–H and O–H groups in total. The van der Waals surface area contributed by atoms with Crippen molar-refractivity contribution in [2.75, 3.05) is 18.0 Å². The van der Waals surface area contributed by atoms with Crippen molar-refractivity contribution in [2.24, 2.45) is 5.41 Å². The minimum atomic E-state index is -1.23. The number of aryl methyl sites for hydroxylation is 2. The first-order valence-electron chi connectivity index (χ1n) is 15.6. The van der Waals surface area contributed by atoms with Gasteiger partial charge < -0.3 is 24.6 Å². The van der Waals surface area contributed by atoms with Gasteiger partial charge in [-0.25, -0.2) is 9.18 Å². The lowest BCUT2D eigenvalue weighted by molar-refractivity contribution is -0.160. The van der Waals surface area contributed by atoms with Gasteiger partial charge in [-0.2, -0.15) is 0 Å². The number of aliphatic hydroxyl groups excluding tert-OH is 1. The van der Waals surface area contributed by atoms with Crippen LogP contribution in [0.15, 0.2) is 42.5 Å². The van der Waals surface area contributed by atoms with Crippen LogP contribution in [0.5, 0.6) is 5.75 Å². The van der Waals surface area contributed by atoms with E-state index in [1.165, 1.54) is 12.1 Å². The number of aliphatic carboxylic acids is 1. The van der Waals surface area contributed by atoms with Crippen LogP contribution in [0.25, 0.3) is 11.1 Å². The van der Waals surface area contributed by atoms with Crippen molar-refractivity contribution in [1.29, 1.82) is 0 Å². The molecule has 3 heterocycles. The Bertz CT molecular complexity index is 1500. The predicted octanol–water partition coefficient (Wildman–Crippen LogP) is 7.19. The van der Waals surface area contributed by atoms with E-state index >= 15 is 0 Å². The van der Waals surface area contributed by atoms with E-state index in [-0.39, 0.29) is 23.9 Å². The summed E-state index contributed by atoms with van der Waals surface area (Å²) in [5.41, 5.74) is 5.52. The highest BCUT2D eigenvalue weighted by Gasteiger charge is 2.37. The summed E-state index contributed by atoms with van der Waals surface area (Å²) in [6.45, 7) is 13.1. The van der Waals surface area contributed by atoms with Crippen molar-refractivity contribution in [1.82, 2.24) is 4.98 Å². The molecule has 44 heavy (non-hydrogen) atoms. The lowest BCUT2D eigenvalue weighted by atomic mass is 9.81. The van der Waals surface area contributed by atoms with Crippen LogP contribution in [-0.4, -0.2) is 46.0 Å². The molecule has 7 nitrogen and oxygen atoms in total. The quantitative estimate of drug-likeness (QED) is 0.281. The second-order valence-corrected chi connectivity index (χ2v) is 14.0. The van der Waals surface area contributed by atoms with E-state index in [1.54, 1.807) is 19.1 Å². The third-order valence-electron chi connectivity index (χ3n) is 8.77. The zero-order chi connectivity index (χ0) is 31.8. The molecule has 3 aromatic rings. The lowest BCUT2D eigenvalue weighted by Gasteiger charge is -2.41. The maximum absolute atomic E-state index is 13.4. The Morgan fingerprint density at radius 1 is 1.16 bits per heavy atom. The van der Waals surface area contributed by atoms with Crippen LogP contribution < -0.4 is 9.64 Å². The van der Waals surface area contributed by atoms with E-state index in [9.17, 15) is 19.4 Å². The van der Waals surface area contributed by atoms with E-state index in [4.69, 9.17) is 14.5 Å². The first kappa shape index (κ1) is 31.9. The van der Waals surface area contributed by atoms with Crippen LogP contribution in [0, 0.1) is 18.2 Å². The number of fused-ring (bicyclic) bond motifs is 1. The van der Waals surface area contributed by atoms with Crippen molar-refractivity contribution in [3.63, 3.8) is 0 Å². The Hall–Kier alpha value is -3.49. The third-order valence-corrected chi connectivity index (χ3v) is 8.77. The zero-order valence-electron chi connectivity index (χ0n) is 26.7. The SMILES string of the molecule is Cc1nc(CO)c(-c2ccc3c(c2)CC[C@@H](Cc2ccc(F)cc2)O3)c(N2CCC(C)(C)CC2)c1[C@H](OC(C)(C)C)C(=O)O. The molecule has 2 atom stereocenters. The number of nitrogens with zero attached hydrogens (tertiary/aromatic N) is 2. The molecule has 2 aliphatic heterocycles. The number of piperidine rings is 1. The summed E-state index contributed by atoms with van der Waals surface area (Å²) in [6.07, 6.45) is 2.96. The first-order chi connectivity index (χ1) is 20.7. The van der Waals surface area contributed by atoms with Crippen LogP contribution in [0.2, 0.25) is 0 Å². The predicted molar refractivity (Wildman–Crippen MR) is 170 cm³/mol. The minimum Gasteiger partial charge on any atom is -0.490 e. The molecule has 2 aromatic carbocycles. The molecule has 1 aromatic heterocycles. The van der Waals surface area contributed by atoms with Gasteiger partial charge in [0.2, 0.25) is 0 Å². The molecule has 8 heteroatoms. The summed E-state index contributed by atoms with van der Waals surface area (Å²) in [5, 5.41) is 21.0. The van der Waals surface area contributed by atoms with Gasteiger partial charge >= 0.3 is 5.97 Å². The highest BCUT2D eigenvalue weighted by atomic mass is 19.1. The van der Waals surface area contributed by atoms with Crippen molar-refractivity contribution < 1.29 is 28.9 Å². The number of carbonyl (C=O) groups is 1. The van der Waals surface area contributed by atoms with Crippen molar-refractivity contribution in [3.8, 4) is 16.9 Å². The largest absolute Gasteiger partial charge is 0.490 e. The van der Waals surface area contributed by atoms with Gasteiger partial charge in [-0.3, -0.25) is 4.98 Å². The number of anilines is 1. The van der Waals surface area contributed by atoms with Gasteiger partial charge in [0.25, 0.3) is 0 Å². The van der Waals surface area contributed by atoms with Crippen molar-refractivity contribution in [2.45, 2.75) is 98.1 Å². The molecular weight excluding hydrogens is 559 g/mol. The molecular formula is C36H45FN2O5. The van der Waals surface area contributed by atoms with Crippen LogP contribution in [-0.2, 0) is 29.0 Å². The van der Waals surface area contributed by atoms with E-state index in [1.807, 2.05) is 32.9 Å². The lowest BCUT2D eigenvalue weighted by Crippen LogP contribution is -2.39. The highest BCUT2D eigenvalue weighted by Crippen LogP contribution is 2.46. The molecule has 0 unspecified atom stereocenters. The molecule has 0 bridgehead atoms. The van der Waals surface area contributed by atoms with E-state index in [0.29, 0.717) is 23.4 Å². The summed E-state index contributed by atoms with van der Waals surface area (Å²) < 4.78 is 26.0. The maximum atomic E-state index is 13.4. The molecule has 5 rings (SSSR count). The number of aliphatic hydroxyl groups is 1. The van der Waals surface area contributed by atoms with Crippen LogP contribution >= 0.6 is 0 Å². The molecule has 0 amide bonds. The fraction of sp³-hybridized carbons (Fsp3) is 0.500. The summed E-state index contributed by atoms with van der Waals surface area (Å²) in [7, 11) is 0. The number of ether oxygens (including phenoxy) is 2. The van der Waals surface area contributed by atoms with Gasteiger partial charge in [-0.15, -0.1) is 0 Å². The van der Waals surface area contributed by atoms with Crippen LogP contribution in [0.4, 0.5) is 10.1 Å². The Morgan fingerprint density at radius 3 is 2.45 bits per heavy atom. The second-order valence-electron chi connectivity index (χ2n) is 14.0. The number of aromatic nitrogens is 1. The summed E-state index contributed by atoms with van der Waals surface area (Å²) in [6, 6.07) is 12.6. The third kappa shape index (κ3) is 7.08. The topological polar surface area (TPSA) is 92.1 Å². The first-order valence-corrected chi connectivity index (χ1v) is 15.6. The molecule has 1 fully saturated rings. The van der Waals surface area contributed by atoms with Crippen LogP contribution in [0.1, 0.15) is 88.1 Å². The van der Waals surface area contributed by atoms with Gasteiger partial charge in [0.15, 0.2) is 6.10 Å². The Labute approximate surface area is 260 Å². The number of hydrogen-bond donors (Lipinski definition) is 2. The fourth-order valence-corrected chi connectivity index (χ4v) is 6.37. The monoisotopic (exact) mass is 604 g/mol. The van der Waals surface area contributed by atoms with Gasteiger partial charge in [0.1, 0.15) is 17.7 Å². The van der Waals surface area contributed by atoms with Crippen LogP contribution in [0.3, 0.4) is 0 Å². The van der Waals surface area contributed by atoms with Gasteiger partial charge in [0, 0.05) is 36.3 Å². The maximum Gasteiger partial charge on any atom is 0.337 e. The summed E-state index contributed by atoms with van der Waals surface area (Å²) in [4.78, 5) is 19.8.